The number of rotatable bonds is 8. The molecular formula is C31H42F2N8O3. The fraction of sp³-hybridized carbons (Fsp3) is 0.581. The van der Waals surface area contributed by atoms with Crippen molar-refractivity contribution in [2.75, 3.05) is 43.0 Å². The van der Waals surface area contributed by atoms with Gasteiger partial charge in [-0.05, 0) is 64.4 Å². The lowest BCUT2D eigenvalue weighted by molar-refractivity contribution is 0.0504. The Morgan fingerprint density at radius 2 is 1.84 bits per heavy atom. The number of amides is 1. The highest BCUT2D eigenvalue weighted by molar-refractivity contribution is 5.68. The van der Waals surface area contributed by atoms with Gasteiger partial charge in [0.05, 0.1) is 6.04 Å². The predicted octanol–water partition coefficient (Wildman–Crippen LogP) is 4.86. The zero-order valence-corrected chi connectivity index (χ0v) is 26.3. The number of carbonyl (C=O) groups is 1. The number of halogens is 2. The SMILES string of the molecule is CC(C)c1noc(N2CCC(N(C)Cc3cnc(N4CC(NC(=O)OC(C)(C)C)C(c5cc(F)ccc5F)C4)nc3)CC2)n1. The van der Waals surface area contributed by atoms with E-state index in [4.69, 9.17) is 9.26 Å². The summed E-state index contributed by atoms with van der Waals surface area (Å²) in [4.78, 5) is 32.7. The number of benzene rings is 1. The molecule has 1 amide bonds. The number of aromatic nitrogens is 4. The molecule has 44 heavy (non-hydrogen) atoms. The summed E-state index contributed by atoms with van der Waals surface area (Å²) in [6.07, 6.45) is 4.91. The third kappa shape index (κ3) is 7.61. The molecule has 4 heterocycles. The monoisotopic (exact) mass is 612 g/mol. The van der Waals surface area contributed by atoms with Gasteiger partial charge in [-0.3, -0.25) is 4.90 Å². The molecule has 2 unspecified atom stereocenters. The van der Waals surface area contributed by atoms with Crippen LogP contribution in [0.3, 0.4) is 0 Å². The van der Waals surface area contributed by atoms with Gasteiger partial charge in [-0.25, -0.2) is 23.5 Å². The molecule has 0 radical (unpaired) electrons. The number of nitrogens with zero attached hydrogens (tertiary/aromatic N) is 7. The maximum atomic E-state index is 14.8. The van der Waals surface area contributed by atoms with Crippen molar-refractivity contribution in [3.05, 3.63) is 59.2 Å². The first-order valence-corrected chi connectivity index (χ1v) is 15.2. The minimum Gasteiger partial charge on any atom is -0.444 e. The van der Waals surface area contributed by atoms with Gasteiger partial charge >= 0.3 is 12.1 Å². The Kier molecular flexibility index (Phi) is 9.33. The average Bonchev–Trinajstić information content (AvgIpc) is 3.62. The van der Waals surface area contributed by atoms with Crippen LogP contribution in [0.5, 0.6) is 0 Å². The molecule has 1 N–H and O–H groups in total. The Labute approximate surface area is 257 Å². The lowest BCUT2D eigenvalue weighted by atomic mass is 9.94. The Bertz CT molecular complexity index is 1420. The molecule has 3 aromatic rings. The molecule has 0 bridgehead atoms. The topological polar surface area (TPSA) is 113 Å². The van der Waals surface area contributed by atoms with Gasteiger partial charge in [0.1, 0.15) is 17.2 Å². The summed E-state index contributed by atoms with van der Waals surface area (Å²) in [6, 6.07) is 3.82. The van der Waals surface area contributed by atoms with E-state index in [-0.39, 0.29) is 11.5 Å². The van der Waals surface area contributed by atoms with Crippen LogP contribution < -0.4 is 15.1 Å². The van der Waals surface area contributed by atoms with Crippen LogP contribution in [0.15, 0.2) is 35.1 Å². The zero-order valence-electron chi connectivity index (χ0n) is 26.3. The lowest BCUT2D eigenvalue weighted by Crippen LogP contribution is -2.43. The molecule has 0 spiro atoms. The van der Waals surface area contributed by atoms with Crippen molar-refractivity contribution >= 4 is 18.1 Å². The molecule has 2 aromatic heterocycles. The predicted molar refractivity (Wildman–Crippen MR) is 162 cm³/mol. The second-order valence-electron chi connectivity index (χ2n) is 13.0. The minimum atomic E-state index is -0.698. The number of anilines is 2. The molecular weight excluding hydrogens is 570 g/mol. The van der Waals surface area contributed by atoms with Gasteiger partial charge in [0, 0.05) is 68.6 Å². The molecule has 0 saturated carbocycles. The third-order valence-corrected chi connectivity index (χ3v) is 8.09. The molecule has 238 valence electrons. The van der Waals surface area contributed by atoms with Gasteiger partial charge in [-0.1, -0.05) is 19.0 Å². The average molecular weight is 613 g/mol. The first kappa shape index (κ1) is 31.6. The van der Waals surface area contributed by atoms with Crippen LogP contribution in [-0.2, 0) is 11.3 Å². The molecule has 2 atom stereocenters. The van der Waals surface area contributed by atoms with E-state index in [1.807, 2.05) is 18.7 Å². The van der Waals surface area contributed by atoms with Crippen LogP contribution in [-0.4, -0.2) is 82.0 Å². The van der Waals surface area contributed by atoms with Crippen molar-refractivity contribution in [1.82, 2.24) is 30.3 Å². The summed E-state index contributed by atoms with van der Waals surface area (Å²) in [5.74, 6) is -0.188. The van der Waals surface area contributed by atoms with Gasteiger partial charge in [0.25, 0.3) is 0 Å². The minimum absolute atomic E-state index is 0.192. The number of hydrogen-bond acceptors (Lipinski definition) is 10. The molecule has 5 rings (SSSR count). The van der Waals surface area contributed by atoms with Gasteiger partial charge < -0.3 is 24.4 Å². The summed E-state index contributed by atoms with van der Waals surface area (Å²) in [7, 11) is 2.10. The Morgan fingerprint density at radius 1 is 1.14 bits per heavy atom. The van der Waals surface area contributed by atoms with Crippen molar-refractivity contribution in [2.24, 2.45) is 0 Å². The van der Waals surface area contributed by atoms with E-state index in [1.165, 1.54) is 6.07 Å². The standard InChI is InChI=1S/C31H42F2N8O3/c1-19(2)27-37-29(44-38-27)40-11-9-22(10-12-40)39(6)16-20-14-34-28(35-15-20)41-17-24(23-13-21(32)7-8-25(23)33)26(18-41)36-30(42)43-31(3,4)5/h7-8,13-15,19,22,24,26H,9-12,16-18H2,1-6H3,(H,36,42). The summed E-state index contributed by atoms with van der Waals surface area (Å²) >= 11 is 0. The highest BCUT2D eigenvalue weighted by Crippen LogP contribution is 2.32. The summed E-state index contributed by atoms with van der Waals surface area (Å²) in [6.45, 7) is 12.4. The molecule has 2 fully saturated rings. The van der Waals surface area contributed by atoms with E-state index >= 15 is 0 Å². The van der Waals surface area contributed by atoms with Crippen molar-refractivity contribution < 1.29 is 22.8 Å². The van der Waals surface area contributed by atoms with Crippen molar-refractivity contribution in [3.63, 3.8) is 0 Å². The molecule has 1 aromatic carbocycles. The van der Waals surface area contributed by atoms with Crippen LogP contribution in [0, 0.1) is 11.6 Å². The van der Waals surface area contributed by atoms with E-state index in [1.54, 1.807) is 33.2 Å². The molecule has 13 heteroatoms. The van der Waals surface area contributed by atoms with Gasteiger partial charge in [0.15, 0.2) is 5.82 Å². The highest BCUT2D eigenvalue weighted by atomic mass is 19.1. The second kappa shape index (κ2) is 13.0. The van der Waals surface area contributed by atoms with Crippen molar-refractivity contribution in [1.29, 1.82) is 0 Å². The number of alkyl carbamates (subject to hydrolysis) is 1. The van der Waals surface area contributed by atoms with Crippen molar-refractivity contribution in [2.45, 2.75) is 83.5 Å². The van der Waals surface area contributed by atoms with Crippen LogP contribution in [0.25, 0.3) is 0 Å². The maximum Gasteiger partial charge on any atom is 0.407 e. The highest BCUT2D eigenvalue weighted by Gasteiger charge is 2.38. The van der Waals surface area contributed by atoms with Crippen LogP contribution in [0.1, 0.15) is 76.2 Å². The van der Waals surface area contributed by atoms with Crippen molar-refractivity contribution in [3.8, 4) is 0 Å². The first-order chi connectivity index (χ1) is 20.9. The molecule has 2 aliphatic rings. The largest absolute Gasteiger partial charge is 0.444 e. The number of nitrogens with one attached hydrogen (secondary N) is 1. The summed E-state index contributed by atoms with van der Waals surface area (Å²) in [5.41, 5.74) is 0.460. The quantitative estimate of drug-likeness (QED) is 0.379. The van der Waals surface area contributed by atoms with E-state index in [0.29, 0.717) is 37.6 Å². The number of hydrogen-bond donors (Lipinski definition) is 1. The molecule has 2 aliphatic heterocycles. The van der Waals surface area contributed by atoms with Gasteiger partial charge in [0.2, 0.25) is 5.95 Å². The molecule has 11 nitrogen and oxygen atoms in total. The summed E-state index contributed by atoms with van der Waals surface area (Å²) in [5, 5.41) is 6.93. The van der Waals surface area contributed by atoms with Crippen LogP contribution in [0.4, 0.5) is 25.5 Å². The molecule has 2 saturated heterocycles. The second-order valence-corrected chi connectivity index (χ2v) is 13.0. The van der Waals surface area contributed by atoms with E-state index < -0.39 is 35.3 Å². The Hall–Kier alpha value is -3.87. The normalized spacial score (nSPS) is 19.7. The van der Waals surface area contributed by atoms with Crippen LogP contribution in [0.2, 0.25) is 0 Å². The Morgan fingerprint density at radius 3 is 2.48 bits per heavy atom. The van der Waals surface area contributed by atoms with Gasteiger partial charge in [-0.15, -0.1) is 0 Å². The van der Waals surface area contributed by atoms with E-state index in [2.05, 4.69) is 42.3 Å². The zero-order chi connectivity index (χ0) is 31.6. The van der Waals surface area contributed by atoms with Gasteiger partial charge in [-0.2, -0.15) is 4.98 Å². The summed E-state index contributed by atoms with van der Waals surface area (Å²) < 4.78 is 39.8. The fourth-order valence-corrected chi connectivity index (χ4v) is 5.78. The number of carbonyl (C=O) groups excluding carboxylic acids is 1. The third-order valence-electron chi connectivity index (χ3n) is 8.09. The Balaban J connectivity index is 1.20. The maximum absolute atomic E-state index is 14.8. The number of ether oxygens (including phenoxy) is 1. The van der Waals surface area contributed by atoms with Crippen LogP contribution >= 0.6 is 0 Å². The van der Waals surface area contributed by atoms with E-state index in [0.717, 1.165) is 49.5 Å². The fourth-order valence-electron chi connectivity index (χ4n) is 5.78. The van der Waals surface area contributed by atoms with E-state index in [9.17, 15) is 13.6 Å². The lowest BCUT2D eigenvalue weighted by Gasteiger charge is -2.35. The first-order valence-electron chi connectivity index (χ1n) is 15.2. The molecule has 0 aliphatic carbocycles. The number of piperidine rings is 1. The smallest absolute Gasteiger partial charge is 0.407 e.